The molecule has 0 aliphatic carbocycles. The van der Waals surface area contributed by atoms with Gasteiger partial charge in [0.25, 0.3) is 0 Å². The molecule has 4 nitrogen and oxygen atoms in total. The number of rotatable bonds is 0. The summed E-state index contributed by atoms with van der Waals surface area (Å²) < 4.78 is 0. The average Bonchev–Trinajstić information content (AvgIpc) is 2.16. The highest BCUT2D eigenvalue weighted by atomic mass is 16.5. The first-order chi connectivity index (χ1) is 7.09. The lowest BCUT2D eigenvalue weighted by Gasteiger charge is -1.95. The Labute approximate surface area is 88.0 Å². The minimum absolute atomic E-state index is 1.07. The van der Waals surface area contributed by atoms with Crippen molar-refractivity contribution in [2.75, 3.05) is 0 Å². The van der Waals surface area contributed by atoms with E-state index in [1.165, 1.54) is 5.39 Å². The lowest BCUT2D eigenvalue weighted by molar-refractivity contribution is 0.278. The Hall–Kier alpha value is -1.43. The summed E-state index contributed by atoms with van der Waals surface area (Å²) in [7, 11) is -2.17. The first kappa shape index (κ1) is 11.6. The number of aromatic nitrogens is 1. The van der Waals surface area contributed by atoms with Gasteiger partial charge in [-0.25, -0.2) is 0 Å². The smallest absolute Gasteiger partial charge is 0.402 e. The Bertz CT molecular complexity index is 431. The van der Waals surface area contributed by atoms with Gasteiger partial charge >= 0.3 is 7.32 Å². The lowest BCUT2D eigenvalue weighted by Crippen LogP contribution is -2.07. The van der Waals surface area contributed by atoms with Crippen LogP contribution in [0.15, 0.2) is 36.4 Å². The first-order valence-corrected chi connectivity index (χ1v) is 4.46. The minimum atomic E-state index is -2.17. The summed E-state index contributed by atoms with van der Waals surface area (Å²) in [6.07, 6.45) is 0. The minimum Gasteiger partial charge on any atom is -0.402 e. The normalized spacial score (nSPS) is 9.33. The van der Waals surface area contributed by atoms with Crippen LogP contribution in [0.2, 0.25) is 0 Å². The molecule has 0 fully saturated rings. The summed E-state index contributed by atoms with van der Waals surface area (Å²) in [5, 5.41) is 22.7. The van der Waals surface area contributed by atoms with Crippen molar-refractivity contribution in [3.8, 4) is 0 Å². The second-order valence-electron chi connectivity index (χ2n) is 2.99. The SMILES string of the molecule is Cc1ccc2ccccc2n1.OB(O)O. The number of nitrogens with zero attached hydrogens (tertiary/aromatic N) is 1. The highest BCUT2D eigenvalue weighted by Crippen LogP contribution is 2.10. The molecular weight excluding hydrogens is 193 g/mol. The van der Waals surface area contributed by atoms with Crippen molar-refractivity contribution < 1.29 is 15.1 Å². The molecule has 0 aliphatic heterocycles. The number of pyridine rings is 1. The zero-order chi connectivity index (χ0) is 11.3. The van der Waals surface area contributed by atoms with E-state index in [9.17, 15) is 0 Å². The number of hydrogen-bond donors (Lipinski definition) is 3. The van der Waals surface area contributed by atoms with E-state index in [0.717, 1.165) is 11.2 Å². The summed E-state index contributed by atoms with van der Waals surface area (Å²) in [5.41, 5.74) is 2.15. The van der Waals surface area contributed by atoms with E-state index in [4.69, 9.17) is 15.1 Å². The second-order valence-corrected chi connectivity index (χ2v) is 2.99. The Morgan fingerprint density at radius 2 is 1.60 bits per heavy atom. The number of para-hydroxylation sites is 1. The molecule has 78 valence electrons. The van der Waals surface area contributed by atoms with E-state index in [2.05, 4.69) is 17.1 Å². The van der Waals surface area contributed by atoms with Crippen molar-refractivity contribution in [1.82, 2.24) is 4.98 Å². The molecule has 0 saturated heterocycles. The molecular formula is C10H12BNO3. The van der Waals surface area contributed by atoms with E-state index in [1.54, 1.807) is 0 Å². The molecule has 5 heteroatoms. The topological polar surface area (TPSA) is 73.6 Å². The summed E-state index contributed by atoms with van der Waals surface area (Å²) >= 11 is 0. The van der Waals surface area contributed by atoms with Crippen LogP contribution < -0.4 is 0 Å². The van der Waals surface area contributed by atoms with Crippen molar-refractivity contribution in [2.45, 2.75) is 6.92 Å². The molecule has 3 N–H and O–H groups in total. The van der Waals surface area contributed by atoms with Crippen LogP contribution in [0.4, 0.5) is 0 Å². The molecule has 15 heavy (non-hydrogen) atoms. The Kier molecular flexibility index (Phi) is 4.24. The van der Waals surface area contributed by atoms with Crippen molar-refractivity contribution in [3.63, 3.8) is 0 Å². The van der Waals surface area contributed by atoms with Gasteiger partial charge in [-0.3, -0.25) is 4.98 Å². The lowest BCUT2D eigenvalue weighted by atomic mass is 10.2. The molecule has 1 aromatic carbocycles. The molecule has 0 spiro atoms. The molecule has 0 radical (unpaired) electrons. The molecule has 0 saturated carbocycles. The molecule has 1 aromatic heterocycles. The van der Waals surface area contributed by atoms with Crippen LogP contribution >= 0.6 is 0 Å². The number of fused-ring (bicyclic) bond motifs is 1. The van der Waals surface area contributed by atoms with Crippen molar-refractivity contribution >= 4 is 18.2 Å². The molecule has 0 bridgehead atoms. The monoisotopic (exact) mass is 205 g/mol. The van der Waals surface area contributed by atoms with Crippen LogP contribution in [0.3, 0.4) is 0 Å². The maximum atomic E-state index is 7.17. The maximum absolute atomic E-state index is 7.17. The zero-order valence-corrected chi connectivity index (χ0v) is 8.33. The number of aryl methyl sites for hydroxylation is 1. The van der Waals surface area contributed by atoms with Crippen LogP contribution in [-0.2, 0) is 0 Å². The fourth-order valence-electron chi connectivity index (χ4n) is 1.17. The van der Waals surface area contributed by atoms with Gasteiger partial charge in [0.1, 0.15) is 0 Å². The van der Waals surface area contributed by atoms with Crippen LogP contribution in [0, 0.1) is 6.92 Å². The fraction of sp³-hybridized carbons (Fsp3) is 0.100. The highest BCUT2D eigenvalue weighted by molar-refractivity contribution is 6.30. The molecule has 0 atom stereocenters. The fourth-order valence-corrected chi connectivity index (χ4v) is 1.17. The van der Waals surface area contributed by atoms with Crippen molar-refractivity contribution in [3.05, 3.63) is 42.1 Å². The van der Waals surface area contributed by atoms with Gasteiger partial charge in [-0.15, -0.1) is 0 Å². The molecule has 0 unspecified atom stereocenters. The molecule has 0 amide bonds. The summed E-state index contributed by atoms with van der Waals surface area (Å²) in [6, 6.07) is 12.3. The predicted molar refractivity (Wildman–Crippen MR) is 58.9 cm³/mol. The van der Waals surface area contributed by atoms with Crippen molar-refractivity contribution in [1.29, 1.82) is 0 Å². The molecule has 0 aliphatic rings. The van der Waals surface area contributed by atoms with E-state index >= 15 is 0 Å². The van der Waals surface area contributed by atoms with Crippen LogP contribution in [0.5, 0.6) is 0 Å². The quantitative estimate of drug-likeness (QED) is 0.547. The summed E-state index contributed by atoms with van der Waals surface area (Å²) in [6.45, 7) is 2.01. The van der Waals surface area contributed by atoms with Gasteiger partial charge in [-0.05, 0) is 19.1 Å². The third-order valence-corrected chi connectivity index (χ3v) is 1.74. The molecule has 2 aromatic rings. The Morgan fingerprint density at radius 1 is 1.00 bits per heavy atom. The largest absolute Gasteiger partial charge is 0.631 e. The second kappa shape index (κ2) is 5.45. The third-order valence-electron chi connectivity index (χ3n) is 1.74. The van der Waals surface area contributed by atoms with E-state index in [-0.39, 0.29) is 0 Å². The van der Waals surface area contributed by atoms with E-state index in [0.29, 0.717) is 0 Å². The van der Waals surface area contributed by atoms with E-state index in [1.807, 2.05) is 31.2 Å². The van der Waals surface area contributed by atoms with Gasteiger partial charge in [-0.2, -0.15) is 0 Å². The molecule has 1 heterocycles. The number of hydrogen-bond acceptors (Lipinski definition) is 4. The van der Waals surface area contributed by atoms with Gasteiger partial charge in [-0.1, -0.05) is 24.3 Å². The number of benzene rings is 1. The summed E-state index contributed by atoms with van der Waals surface area (Å²) in [5.74, 6) is 0. The maximum Gasteiger partial charge on any atom is 0.631 e. The van der Waals surface area contributed by atoms with Gasteiger partial charge in [0.15, 0.2) is 0 Å². The van der Waals surface area contributed by atoms with Crippen molar-refractivity contribution in [2.24, 2.45) is 0 Å². The predicted octanol–water partition coefficient (Wildman–Crippen LogP) is 0.491. The Morgan fingerprint density at radius 3 is 2.27 bits per heavy atom. The van der Waals surface area contributed by atoms with Crippen LogP contribution in [0.25, 0.3) is 10.9 Å². The standard InChI is InChI=1S/C10H9N.BH3O3/c1-8-6-7-9-4-2-3-5-10(9)11-8;2-1(3)4/h2-7H,1H3;2-4H. The zero-order valence-electron chi connectivity index (χ0n) is 8.33. The Balaban J connectivity index is 0.000000245. The average molecular weight is 205 g/mol. The van der Waals surface area contributed by atoms with E-state index < -0.39 is 7.32 Å². The molecule has 2 rings (SSSR count). The van der Waals surface area contributed by atoms with Crippen LogP contribution in [-0.4, -0.2) is 27.4 Å². The van der Waals surface area contributed by atoms with Gasteiger partial charge in [0.05, 0.1) is 5.52 Å². The first-order valence-electron chi connectivity index (χ1n) is 4.46. The van der Waals surface area contributed by atoms with Gasteiger partial charge in [0, 0.05) is 11.1 Å². The van der Waals surface area contributed by atoms with Crippen LogP contribution in [0.1, 0.15) is 5.69 Å². The highest BCUT2D eigenvalue weighted by Gasteiger charge is 1.92. The third kappa shape index (κ3) is 4.08. The van der Waals surface area contributed by atoms with Gasteiger partial charge < -0.3 is 15.1 Å². The van der Waals surface area contributed by atoms with Gasteiger partial charge in [0.2, 0.25) is 0 Å². The summed E-state index contributed by atoms with van der Waals surface area (Å²) in [4.78, 5) is 4.38.